The SMILES string of the molecule is COC(=O)C1=C(C)NC(C)=C(C(=O)OCCc2cccc(CCBr)c2)C1c1cccc([N+](=O)[O-])c1. The maximum atomic E-state index is 13.3. The van der Waals surface area contributed by atoms with Gasteiger partial charge in [-0.3, -0.25) is 10.1 Å². The number of rotatable bonds is 9. The number of methoxy groups -OCH3 is 1. The highest BCUT2D eigenvalue weighted by Crippen LogP contribution is 2.40. The molecule has 2 aromatic carbocycles. The molecule has 1 atom stereocenters. The van der Waals surface area contributed by atoms with Gasteiger partial charge in [0.15, 0.2) is 0 Å². The van der Waals surface area contributed by atoms with Crippen molar-refractivity contribution in [1.29, 1.82) is 0 Å². The third-order valence-corrected chi connectivity index (χ3v) is 6.19. The highest BCUT2D eigenvalue weighted by atomic mass is 79.9. The van der Waals surface area contributed by atoms with Crippen molar-refractivity contribution in [3.8, 4) is 0 Å². The van der Waals surface area contributed by atoms with Gasteiger partial charge in [0.05, 0.1) is 35.7 Å². The van der Waals surface area contributed by atoms with Crippen LogP contribution in [-0.2, 0) is 31.9 Å². The molecular formula is C26H27BrN2O6. The predicted octanol–water partition coefficient (Wildman–Crippen LogP) is 4.73. The van der Waals surface area contributed by atoms with E-state index in [9.17, 15) is 19.7 Å². The van der Waals surface area contributed by atoms with Crippen molar-refractivity contribution < 1.29 is 24.0 Å². The van der Waals surface area contributed by atoms with Crippen LogP contribution in [0, 0.1) is 10.1 Å². The average molecular weight is 543 g/mol. The summed E-state index contributed by atoms with van der Waals surface area (Å²) in [5, 5.41) is 15.3. The van der Waals surface area contributed by atoms with Crippen LogP contribution in [0.3, 0.4) is 0 Å². The molecule has 1 N–H and O–H groups in total. The third kappa shape index (κ3) is 6.16. The number of nitrogens with one attached hydrogen (secondary N) is 1. The van der Waals surface area contributed by atoms with E-state index >= 15 is 0 Å². The van der Waals surface area contributed by atoms with Gasteiger partial charge in [0.25, 0.3) is 5.69 Å². The average Bonchev–Trinajstić information content (AvgIpc) is 2.83. The van der Waals surface area contributed by atoms with Crippen LogP contribution in [0.15, 0.2) is 71.1 Å². The summed E-state index contributed by atoms with van der Waals surface area (Å²) in [5.74, 6) is -2.11. The molecule has 0 radical (unpaired) electrons. The van der Waals surface area contributed by atoms with Crippen molar-refractivity contribution in [2.45, 2.75) is 32.6 Å². The Morgan fingerprint density at radius 1 is 1.00 bits per heavy atom. The number of hydrogen-bond acceptors (Lipinski definition) is 7. The number of ether oxygens (including phenoxy) is 2. The quantitative estimate of drug-likeness (QED) is 0.211. The van der Waals surface area contributed by atoms with Crippen molar-refractivity contribution in [2.75, 3.05) is 19.0 Å². The highest BCUT2D eigenvalue weighted by molar-refractivity contribution is 9.09. The van der Waals surface area contributed by atoms with Crippen LogP contribution in [0.1, 0.15) is 36.5 Å². The van der Waals surface area contributed by atoms with Crippen LogP contribution < -0.4 is 5.32 Å². The van der Waals surface area contributed by atoms with Gasteiger partial charge in [-0.2, -0.15) is 0 Å². The molecule has 0 saturated carbocycles. The summed E-state index contributed by atoms with van der Waals surface area (Å²) in [7, 11) is 1.25. The van der Waals surface area contributed by atoms with E-state index < -0.39 is 22.8 Å². The van der Waals surface area contributed by atoms with E-state index in [1.807, 2.05) is 18.2 Å². The Labute approximate surface area is 212 Å². The van der Waals surface area contributed by atoms with Gasteiger partial charge < -0.3 is 14.8 Å². The van der Waals surface area contributed by atoms with Crippen LogP contribution in [0.5, 0.6) is 0 Å². The minimum atomic E-state index is -0.877. The summed E-state index contributed by atoms with van der Waals surface area (Å²) in [5.41, 5.74) is 3.95. The first-order valence-corrected chi connectivity index (χ1v) is 12.2. The van der Waals surface area contributed by atoms with Crippen LogP contribution >= 0.6 is 15.9 Å². The van der Waals surface area contributed by atoms with E-state index in [0.717, 1.165) is 17.3 Å². The first-order chi connectivity index (χ1) is 16.8. The normalized spacial score (nSPS) is 15.5. The number of allylic oxidation sites excluding steroid dienone is 2. The number of dihydropyridines is 1. The summed E-state index contributed by atoms with van der Waals surface area (Å²) in [6, 6.07) is 14.0. The number of hydrogen-bond donors (Lipinski definition) is 1. The zero-order chi connectivity index (χ0) is 25.5. The molecule has 0 amide bonds. The van der Waals surface area contributed by atoms with Gasteiger partial charge in [-0.15, -0.1) is 0 Å². The minimum Gasteiger partial charge on any atom is -0.466 e. The number of aryl methyl sites for hydroxylation is 1. The molecular weight excluding hydrogens is 516 g/mol. The molecule has 0 bridgehead atoms. The van der Waals surface area contributed by atoms with E-state index in [-0.39, 0.29) is 23.4 Å². The lowest BCUT2D eigenvalue weighted by Gasteiger charge is -2.30. The molecule has 2 aromatic rings. The number of carbonyl (C=O) groups excluding carboxylic acids is 2. The van der Waals surface area contributed by atoms with Gasteiger partial charge in [-0.05, 0) is 37.0 Å². The molecule has 184 valence electrons. The lowest BCUT2D eigenvalue weighted by atomic mass is 9.80. The van der Waals surface area contributed by atoms with Crippen LogP contribution in [-0.4, -0.2) is 35.9 Å². The maximum absolute atomic E-state index is 13.3. The molecule has 1 aliphatic heterocycles. The number of benzene rings is 2. The number of nitro benzene ring substituents is 1. The summed E-state index contributed by atoms with van der Waals surface area (Å²) in [6.07, 6.45) is 1.43. The highest BCUT2D eigenvalue weighted by Gasteiger charge is 2.38. The summed E-state index contributed by atoms with van der Waals surface area (Å²) >= 11 is 3.44. The molecule has 35 heavy (non-hydrogen) atoms. The Morgan fingerprint density at radius 2 is 1.63 bits per heavy atom. The van der Waals surface area contributed by atoms with Gasteiger partial charge in [-0.25, -0.2) is 9.59 Å². The summed E-state index contributed by atoms with van der Waals surface area (Å²) < 4.78 is 10.6. The minimum absolute atomic E-state index is 0.142. The van der Waals surface area contributed by atoms with Gasteiger partial charge >= 0.3 is 11.9 Å². The van der Waals surface area contributed by atoms with Crippen molar-refractivity contribution in [2.24, 2.45) is 0 Å². The topological polar surface area (TPSA) is 108 Å². The Balaban J connectivity index is 1.90. The second-order valence-electron chi connectivity index (χ2n) is 8.12. The number of esters is 2. The van der Waals surface area contributed by atoms with Crippen molar-refractivity contribution in [1.82, 2.24) is 5.32 Å². The molecule has 1 aliphatic rings. The largest absolute Gasteiger partial charge is 0.466 e. The van der Waals surface area contributed by atoms with E-state index in [1.165, 1.54) is 30.9 Å². The van der Waals surface area contributed by atoms with Crippen LogP contribution in [0.25, 0.3) is 0 Å². The van der Waals surface area contributed by atoms with E-state index in [2.05, 4.69) is 27.3 Å². The number of non-ortho nitro benzene ring substituents is 1. The smallest absolute Gasteiger partial charge is 0.336 e. The molecule has 0 aliphatic carbocycles. The molecule has 0 spiro atoms. The first kappa shape index (κ1) is 26.2. The zero-order valence-corrected chi connectivity index (χ0v) is 21.4. The number of nitrogens with zero attached hydrogens (tertiary/aromatic N) is 1. The maximum Gasteiger partial charge on any atom is 0.336 e. The monoisotopic (exact) mass is 542 g/mol. The number of alkyl halides is 1. The molecule has 0 aromatic heterocycles. The van der Waals surface area contributed by atoms with Crippen molar-refractivity contribution in [3.05, 3.63) is 97.9 Å². The number of halogens is 1. The summed E-state index contributed by atoms with van der Waals surface area (Å²) in [6.45, 7) is 3.55. The molecule has 8 nitrogen and oxygen atoms in total. The van der Waals surface area contributed by atoms with Crippen molar-refractivity contribution >= 4 is 33.6 Å². The zero-order valence-electron chi connectivity index (χ0n) is 19.8. The second-order valence-corrected chi connectivity index (χ2v) is 8.92. The van der Waals surface area contributed by atoms with E-state index in [0.29, 0.717) is 23.4 Å². The fraction of sp³-hybridized carbons (Fsp3) is 0.308. The van der Waals surface area contributed by atoms with Gasteiger partial charge in [0.2, 0.25) is 0 Å². The number of nitro groups is 1. The number of carbonyl (C=O) groups is 2. The Kier molecular flexibility index (Phi) is 8.81. The Bertz CT molecular complexity index is 1200. The third-order valence-electron chi connectivity index (χ3n) is 5.80. The van der Waals surface area contributed by atoms with Gasteiger partial charge in [-0.1, -0.05) is 52.3 Å². The molecule has 3 rings (SSSR count). The Hall–Kier alpha value is -3.46. The van der Waals surface area contributed by atoms with E-state index in [1.54, 1.807) is 19.9 Å². The lowest BCUT2D eigenvalue weighted by molar-refractivity contribution is -0.384. The van der Waals surface area contributed by atoms with Crippen LogP contribution in [0.2, 0.25) is 0 Å². The Morgan fingerprint density at radius 3 is 2.26 bits per heavy atom. The van der Waals surface area contributed by atoms with Gasteiger partial charge in [0, 0.05) is 35.3 Å². The lowest BCUT2D eigenvalue weighted by Crippen LogP contribution is -2.32. The first-order valence-electron chi connectivity index (χ1n) is 11.1. The molecule has 9 heteroatoms. The molecule has 1 unspecified atom stereocenters. The molecule has 0 saturated heterocycles. The van der Waals surface area contributed by atoms with Gasteiger partial charge in [0.1, 0.15) is 0 Å². The summed E-state index contributed by atoms with van der Waals surface area (Å²) in [4.78, 5) is 36.9. The fourth-order valence-corrected chi connectivity index (χ4v) is 4.64. The van der Waals surface area contributed by atoms with E-state index in [4.69, 9.17) is 9.47 Å². The van der Waals surface area contributed by atoms with Crippen LogP contribution in [0.4, 0.5) is 5.69 Å². The predicted molar refractivity (Wildman–Crippen MR) is 135 cm³/mol. The second kappa shape index (κ2) is 11.8. The fourth-order valence-electron chi connectivity index (χ4n) is 4.19. The molecule has 1 heterocycles. The van der Waals surface area contributed by atoms with Crippen molar-refractivity contribution in [3.63, 3.8) is 0 Å². The standard InChI is InChI=1S/C26H27BrN2O6/c1-16-22(25(30)34-3)24(20-8-5-9-21(15-20)29(32)33)23(17(2)28-16)26(31)35-13-11-19-7-4-6-18(14-19)10-12-27/h4-9,14-15,24,28H,10-13H2,1-3H3. The molecule has 0 fully saturated rings.